The van der Waals surface area contributed by atoms with Gasteiger partial charge in [-0.15, -0.1) is 0 Å². The molecule has 13 rings (SSSR count). The van der Waals surface area contributed by atoms with Crippen LogP contribution in [0.4, 0.5) is 0 Å². The molecule has 0 fully saturated rings. The van der Waals surface area contributed by atoms with Crippen molar-refractivity contribution in [1.82, 2.24) is 9.13 Å². The van der Waals surface area contributed by atoms with E-state index in [1.54, 1.807) is 0 Å². The van der Waals surface area contributed by atoms with Gasteiger partial charge in [0.1, 0.15) is 0 Å². The van der Waals surface area contributed by atoms with Crippen LogP contribution in [-0.2, 0) is 0 Å². The molecule has 0 unspecified atom stereocenters. The first-order valence-electron chi connectivity index (χ1n) is 20.8. The van der Waals surface area contributed by atoms with E-state index in [2.05, 4.69) is 228 Å². The molecular weight excluding hydrogens is 725 g/mol. The first kappa shape index (κ1) is 33.1. The van der Waals surface area contributed by atoms with Gasteiger partial charge in [0.15, 0.2) is 0 Å². The van der Waals surface area contributed by atoms with Crippen molar-refractivity contribution in [3.8, 4) is 33.6 Å². The maximum atomic E-state index is 2.44. The van der Waals surface area contributed by atoms with Crippen LogP contribution in [0.25, 0.3) is 120 Å². The molecule has 0 aliphatic carbocycles. The molecule has 0 bridgehead atoms. The second kappa shape index (κ2) is 12.8. The monoisotopic (exact) mass is 760 g/mol. The minimum Gasteiger partial charge on any atom is -0.309 e. The normalized spacial score (nSPS) is 12.0. The third kappa shape index (κ3) is 4.82. The van der Waals surface area contributed by atoms with Gasteiger partial charge in [-0.1, -0.05) is 158 Å². The molecule has 0 aliphatic heterocycles. The molecule has 0 aliphatic rings. The first-order valence-corrected chi connectivity index (χ1v) is 20.8. The quantitative estimate of drug-likeness (QED) is 0.158. The van der Waals surface area contributed by atoms with E-state index in [4.69, 9.17) is 0 Å². The van der Waals surface area contributed by atoms with Crippen LogP contribution in [0.5, 0.6) is 0 Å². The van der Waals surface area contributed by atoms with E-state index in [1.165, 1.54) is 115 Å². The number of nitrogens with zero attached hydrogens (tertiary/aromatic N) is 2. The lowest BCUT2D eigenvalue weighted by Gasteiger charge is -2.16. The van der Waals surface area contributed by atoms with Gasteiger partial charge in [-0.2, -0.15) is 0 Å². The Morgan fingerprint density at radius 3 is 1.47 bits per heavy atom. The maximum absolute atomic E-state index is 2.44. The van der Waals surface area contributed by atoms with Crippen molar-refractivity contribution in [1.29, 1.82) is 0 Å². The van der Waals surface area contributed by atoms with Crippen molar-refractivity contribution in [2.24, 2.45) is 0 Å². The highest BCUT2D eigenvalue weighted by Gasteiger charge is 2.18. The number of para-hydroxylation sites is 3. The second-order valence-corrected chi connectivity index (χ2v) is 16.1. The molecule has 0 radical (unpaired) electrons. The minimum absolute atomic E-state index is 1.14. The Hall–Kier alpha value is -7.94. The molecule has 278 valence electrons. The molecule has 2 aromatic heterocycles. The molecule has 2 heteroatoms. The summed E-state index contributed by atoms with van der Waals surface area (Å²) in [5, 5.41) is 15.3. The average Bonchev–Trinajstić information content (AvgIpc) is 3.83. The van der Waals surface area contributed by atoms with Crippen LogP contribution in [0, 0.1) is 0 Å². The Morgan fingerprint density at radius 1 is 0.233 bits per heavy atom. The van der Waals surface area contributed by atoms with Crippen LogP contribution < -0.4 is 0 Å². The van der Waals surface area contributed by atoms with Gasteiger partial charge < -0.3 is 9.13 Å². The summed E-state index contributed by atoms with van der Waals surface area (Å²) in [5.41, 5.74) is 12.0. The summed E-state index contributed by atoms with van der Waals surface area (Å²) in [5.74, 6) is 0. The van der Waals surface area contributed by atoms with Crippen molar-refractivity contribution >= 4 is 86.7 Å². The zero-order valence-corrected chi connectivity index (χ0v) is 32.7. The van der Waals surface area contributed by atoms with Crippen LogP contribution in [0.1, 0.15) is 0 Å². The van der Waals surface area contributed by atoms with Crippen molar-refractivity contribution in [3.63, 3.8) is 0 Å². The Labute approximate surface area is 346 Å². The number of fused-ring (bicyclic) bond motifs is 13. The summed E-state index contributed by atoms with van der Waals surface area (Å²) in [4.78, 5) is 0. The summed E-state index contributed by atoms with van der Waals surface area (Å²) < 4.78 is 4.82. The molecule has 0 N–H and O–H groups in total. The molecule has 2 heterocycles. The molecule has 11 aromatic carbocycles. The highest BCUT2D eigenvalue weighted by atomic mass is 15.0. The van der Waals surface area contributed by atoms with E-state index in [0.717, 1.165) is 5.69 Å². The number of rotatable bonds is 4. The molecule has 0 saturated carbocycles. The maximum Gasteiger partial charge on any atom is 0.0547 e. The fourth-order valence-corrected chi connectivity index (χ4v) is 10.2. The lowest BCUT2D eigenvalue weighted by Crippen LogP contribution is -1.94. The average molecular weight is 761 g/mol. The van der Waals surface area contributed by atoms with Crippen molar-refractivity contribution < 1.29 is 0 Å². The molecule has 0 atom stereocenters. The highest BCUT2D eigenvalue weighted by Crippen LogP contribution is 2.43. The molecule has 13 aromatic rings. The Bertz CT molecular complexity index is 3870. The number of hydrogen-bond donors (Lipinski definition) is 0. The third-order valence-corrected chi connectivity index (χ3v) is 12.9. The van der Waals surface area contributed by atoms with Crippen molar-refractivity contribution in [2.45, 2.75) is 0 Å². The number of hydrogen-bond acceptors (Lipinski definition) is 0. The van der Waals surface area contributed by atoms with Crippen molar-refractivity contribution in [3.05, 3.63) is 218 Å². The number of aromatic nitrogens is 2. The lowest BCUT2D eigenvalue weighted by atomic mass is 9.88. The van der Waals surface area contributed by atoms with E-state index in [0.29, 0.717) is 0 Å². The van der Waals surface area contributed by atoms with Gasteiger partial charge in [-0.25, -0.2) is 0 Å². The summed E-state index contributed by atoms with van der Waals surface area (Å²) in [6, 6.07) is 80.5. The standard InChI is InChI=1S/C58H36N2/c1-2-14-43(15-3-1)59-54-21-11-9-19-48(54)52-34-40(28-33-55(52)59)41-27-31-49-47-18-8-10-20-53(47)60(56(49)36-41)44-29-24-39(25-30-44)51-35-42-23-22-37-12-4-6-16-45(37)57(42)58-46-17-7-5-13-38(46)26-32-50(51)58/h1-36H. The fourth-order valence-electron chi connectivity index (χ4n) is 10.2. The molecule has 0 amide bonds. The summed E-state index contributed by atoms with van der Waals surface area (Å²) in [6.07, 6.45) is 0. The fraction of sp³-hybridized carbons (Fsp3) is 0. The van der Waals surface area contributed by atoms with Crippen molar-refractivity contribution in [2.75, 3.05) is 0 Å². The lowest BCUT2D eigenvalue weighted by molar-refractivity contribution is 1.18. The minimum atomic E-state index is 1.14. The Kier molecular flexibility index (Phi) is 7.05. The Balaban J connectivity index is 0.978. The highest BCUT2D eigenvalue weighted by molar-refractivity contribution is 6.30. The SMILES string of the molecule is c1ccc(-n2c3ccccc3c3cc(-c4ccc5c6ccccc6n(-c6ccc(-c7cc8ccc9ccccc9c8c8c7ccc7ccccc78)cc6)c5c4)ccc32)cc1. The van der Waals surface area contributed by atoms with E-state index < -0.39 is 0 Å². The molecular formula is C58H36N2. The largest absolute Gasteiger partial charge is 0.309 e. The first-order chi connectivity index (χ1) is 29.8. The smallest absolute Gasteiger partial charge is 0.0547 e. The number of benzene rings is 11. The predicted octanol–water partition coefficient (Wildman–Crippen LogP) is 15.8. The van der Waals surface area contributed by atoms with Gasteiger partial charge in [0, 0.05) is 32.9 Å². The van der Waals surface area contributed by atoms with Crippen LogP contribution in [0.3, 0.4) is 0 Å². The van der Waals surface area contributed by atoms with Gasteiger partial charge in [0.2, 0.25) is 0 Å². The molecule has 2 nitrogen and oxygen atoms in total. The van der Waals surface area contributed by atoms with Crippen LogP contribution in [0.15, 0.2) is 218 Å². The third-order valence-electron chi connectivity index (χ3n) is 12.9. The van der Waals surface area contributed by atoms with E-state index in [-0.39, 0.29) is 0 Å². The molecule has 0 spiro atoms. The topological polar surface area (TPSA) is 9.86 Å². The molecule has 60 heavy (non-hydrogen) atoms. The second-order valence-electron chi connectivity index (χ2n) is 16.1. The van der Waals surface area contributed by atoms with Gasteiger partial charge in [0.05, 0.1) is 22.1 Å². The zero-order valence-electron chi connectivity index (χ0n) is 32.7. The van der Waals surface area contributed by atoms with E-state index in [1.807, 2.05) is 0 Å². The van der Waals surface area contributed by atoms with Gasteiger partial charge in [-0.05, 0) is 126 Å². The predicted molar refractivity (Wildman–Crippen MR) is 256 cm³/mol. The van der Waals surface area contributed by atoms with E-state index >= 15 is 0 Å². The molecule has 0 saturated heterocycles. The summed E-state index contributed by atoms with van der Waals surface area (Å²) in [6.45, 7) is 0. The van der Waals surface area contributed by atoms with Gasteiger partial charge in [0.25, 0.3) is 0 Å². The van der Waals surface area contributed by atoms with Gasteiger partial charge in [-0.3, -0.25) is 0 Å². The Morgan fingerprint density at radius 2 is 0.717 bits per heavy atom. The summed E-state index contributed by atoms with van der Waals surface area (Å²) in [7, 11) is 0. The van der Waals surface area contributed by atoms with Gasteiger partial charge >= 0.3 is 0 Å². The van der Waals surface area contributed by atoms with Crippen LogP contribution in [-0.4, -0.2) is 9.13 Å². The van der Waals surface area contributed by atoms with Crippen LogP contribution in [0.2, 0.25) is 0 Å². The van der Waals surface area contributed by atoms with Crippen LogP contribution >= 0.6 is 0 Å². The van der Waals surface area contributed by atoms with E-state index in [9.17, 15) is 0 Å². The zero-order chi connectivity index (χ0) is 39.3. The summed E-state index contributed by atoms with van der Waals surface area (Å²) >= 11 is 0.